The van der Waals surface area contributed by atoms with Crippen LogP contribution in [0.15, 0.2) is 120 Å². The van der Waals surface area contributed by atoms with E-state index in [1.807, 2.05) is 52.0 Å². The van der Waals surface area contributed by atoms with Crippen molar-refractivity contribution < 1.29 is 54.1 Å². The molecule has 11 nitrogen and oxygen atoms in total. The SMILES string of the molecule is CCC(C)(/C=C/C=C/[C@@H](C)C1CCC2[C@@H](CC=C3CC(O[Si](C)(C)C(C)(C)C)C(C)(O[Si](C)(C)C)[C@H](O[Si](C)(C)C(C)(C)C)C3)CCCC21C)CC.CCC(O)(/C=C/C=C/[C@@H](C)C1CCC2/C(=C/C=C3C[C@@H](O)C(C)(O)[C@H](O)C3)CCCC21C)CC.CCC(O)(/C=C/C=C/[C@@H](C)C1CCC2/C(=C/CC3C[C@@H](O)C(C)(O)[C@H](O)C3)CCCC21C)CC. The second kappa shape index (κ2) is 42.0. The van der Waals surface area contributed by atoms with Crippen LogP contribution >= 0.6 is 0 Å². The Kier molecular flexibility index (Phi) is 36.6. The molecular formula is C106H186O11Si3. The van der Waals surface area contributed by atoms with Crippen LogP contribution in [-0.4, -0.2) is 130 Å². The summed E-state index contributed by atoms with van der Waals surface area (Å²) in [6, 6.07) is 0. The Morgan fingerprint density at radius 3 is 1.27 bits per heavy atom. The fourth-order valence-electron chi connectivity index (χ4n) is 23.5. The monoisotopic (exact) mass is 1720 g/mol. The fraction of sp³-hybridized carbons (Fsp3) is 0.811. The Morgan fingerprint density at radius 2 is 0.842 bits per heavy atom. The zero-order valence-corrected chi connectivity index (χ0v) is 85.4. The maximum atomic E-state index is 10.5. The van der Waals surface area contributed by atoms with Crippen molar-refractivity contribution in [3.8, 4) is 0 Å². The summed E-state index contributed by atoms with van der Waals surface area (Å²) in [7, 11) is -6.10. The number of hydrogen-bond donors (Lipinski definition) is 8. The van der Waals surface area contributed by atoms with E-state index < -0.39 is 77.4 Å². The summed E-state index contributed by atoms with van der Waals surface area (Å²) in [4.78, 5) is 0. The lowest BCUT2D eigenvalue weighted by molar-refractivity contribution is -0.167. The van der Waals surface area contributed by atoms with Crippen molar-refractivity contribution in [1.29, 1.82) is 0 Å². The van der Waals surface area contributed by atoms with Gasteiger partial charge in [0.1, 0.15) is 16.8 Å². The molecule has 0 aromatic rings. The quantitative estimate of drug-likeness (QED) is 0.0202. The van der Waals surface area contributed by atoms with Crippen LogP contribution in [-0.2, 0) is 13.3 Å². The molecule has 0 amide bonds. The number of allylic oxidation sites excluding steroid dienone is 16. The van der Waals surface area contributed by atoms with Crippen LogP contribution in [0.4, 0.5) is 0 Å². The second-order valence-electron chi connectivity index (χ2n) is 46.4. The van der Waals surface area contributed by atoms with Gasteiger partial charge in [-0.2, -0.15) is 0 Å². The zero-order chi connectivity index (χ0) is 90.1. The van der Waals surface area contributed by atoms with Crippen molar-refractivity contribution in [1.82, 2.24) is 0 Å². The van der Waals surface area contributed by atoms with E-state index in [4.69, 9.17) is 13.3 Å². The number of fused-ring (bicyclic) bond motifs is 3. The molecule has 9 rings (SSSR count). The molecule has 0 heterocycles. The molecule has 0 spiro atoms. The Morgan fingerprint density at radius 1 is 0.442 bits per heavy atom. The zero-order valence-electron chi connectivity index (χ0n) is 82.4. The van der Waals surface area contributed by atoms with Crippen molar-refractivity contribution in [2.45, 2.75) is 459 Å². The predicted molar refractivity (Wildman–Crippen MR) is 515 cm³/mol. The summed E-state index contributed by atoms with van der Waals surface area (Å²) in [5.74, 6) is 6.72. The largest absolute Gasteiger partial charge is 0.411 e. The molecule has 14 heteroatoms. The Balaban J connectivity index is 0.000000257. The van der Waals surface area contributed by atoms with E-state index in [0.29, 0.717) is 88.8 Å². The van der Waals surface area contributed by atoms with Gasteiger partial charge in [0, 0.05) is 0 Å². The minimum absolute atomic E-state index is 0.00317. The van der Waals surface area contributed by atoms with Gasteiger partial charge in [-0.15, -0.1) is 0 Å². The molecule has 9 aliphatic rings. The molecule has 9 fully saturated rings. The van der Waals surface area contributed by atoms with Crippen molar-refractivity contribution >= 4 is 25.0 Å². The molecule has 120 heavy (non-hydrogen) atoms. The van der Waals surface area contributed by atoms with Crippen LogP contribution in [0.2, 0.25) is 55.9 Å². The van der Waals surface area contributed by atoms with Gasteiger partial charge in [0.15, 0.2) is 25.0 Å². The van der Waals surface area contributed by atoms with Crippen LogP contribution in [0.5, 0.6) is 0 Å². The standard InChI is InChI=1S/C46H88O3Si3.C30H50O4.C30H48O4/c1-20-44(10,21-2)31-23-22-25-35(3)38-29-30-39-37(26-24-32-45(38,39)11)28-27-36-33-40(47-51(16,17)42(4,5)6)46(12,49-50(13,14)15)41(34-36)48-52(18,19)43(7,8)9;2*1-6-30(34,7-2)18-9-8-11-21(3)24-15-16-25-23(12-10-17-28(24,25)4)14-13-22-19-26(31)29(5,33)27(32)20-22/h22-23,25,27,31,35,37-41H,20-21,24,26,28-30,32-34H2,1-19H3;8-9,11,14,18,21-22,24-27,31-34H,6-7,10,12-13,15-17,19-20H2,1-5H3;8-9,11,13-14,18,21,24-27,31-34H,6-7,10,12,15-17,19-20H2,1-5H3/b25-22+,31-23+,36-27?;11-8+,18-9+,23-14+;11-8+,18-9+,22-13?,23-14+/t35-,37-,38?,39?,40-,41?,45?,46?;21-,22?,24?,25?,26-,27-,28?,29?;21-,24?,25?,26-,27-,28?,29?/m111/s1. The summed E-state index contributed by atoms with van der Waals surface area (Å²) in [6.45, 7) is 66.3. The number of rotatable bonds is 29. The minimum atomic E-state index is -2.08. The van der Waals surface area contributed by atoms with Gasteiger partial charge in [0.25, 0.3) is 0 Å². The molecule has 9 aliphatic carbocycles. The molecule has 11 unspecified atom stereocenters. The summed E-state index contributed by atoms with van der Waals surface area (Å²) in [5.41, 5.74) is 2.34. The number of aliphatic hydroxyl groups excluding tert-OH is 4. The third-order valence-electron chi connectivity index (χ3n) is 35.1. The van der Waals surface area contributed by atoms with Crippen LogP contribution < -0.4 is 0 Å². The maximum absolute atomic E-state index is 10.5. The Labute approximate surface area is 739 Å². The molecule has 8 N–H and O–H groups in total. The molecule has 688 valence electrons. The molecule has 0 saturated heterocycles. The van der Waals surface area contributed by atoms with Gasteiger partial charge >= 0.3 is 0 Å². The van der Waals surface area contributed by atoms with Crippen LogP contribution in [0.3, 0.4) is 0 Å². The topological polar surface area (TPSA) is 190 Å². The van der Waals surface area contributed by atoms with E-state index >= 15 is 0 Å². The molecule has 0 radical (unpaired) electrons. The van der Waals surface area contributed by atoms with Crippen molar-refractivity contribution in [2.24, 2.45) is 86.8 Å². The molecule has 9 saturated carbocycles. The Hall–Kier alpha value is -2.39. The molecule has 20 atom stereocenters. The third-order valence-corrected chi connectivity index (χ3v) is 45.2. The van der Waals surface area contributed by atoms with Crippen molar-refractivity contribution in [2.75, 3.05) is 0 Å². The normalized spacial score (nSPS) is 37.1. The highest BCUT2D eigenvalue weighted by Gasteiger charge is 2.58. The van der Waals surface area contributed by atoms with Gasteiger partial charge < -0.3 is 54.1 Å². The number of hydrogen-bond acceptors (Lipinski definition) is 11. The van der Waals surface area contributed by atoms with Gasteiger partial charge in [0.2, 0.25) is 0 Å². The predicted octanol–water partition coefficient (Wildman–Crippen LogP) is 26.2. The third kappa shape index (κ3) is 25.4. The van der Waals surface area contributed by atoms with E-state index in [-0.39, 0.29) is 28.2 Å². The first-order valence-electron chi connectivity index (χ1n) is 49.0. The highest BCUT2D eigenvalue weighted by Crippen LogP contribution is 2.63. The van der Waals surface area contributed by atoms with Gasteiger partial charge in [-0.05, 0) is 343 Å². The average molecular weight is 1720 g/mol. The summed E-state index contributed by atoms with van der Waals surface area (Å²) >= 11 is 0. The maximum Gasteiger partial charge on any atom is 0.192 e. The van der Waals surface area contributed by atoms with Crippen molar-refractivity contribution in [3.05, 3.63) is 120 Å². The van der Waals surface area contributed by atoms with E-state index in [1.165, 1.54) is 122 Å². The molecule has 0 aromatic carbocycles. The molecular weight excluding hydrogens is 1530 g/mol. The lowest BCUT2D eigenvalue weighted by Gasteiger charge is -2.55. The van der Waals surface area contributed by atoms with Gasteiger partial charge in [-0.25, -0.2) is 0 Å². The van der Waals surface area contributed by atoms with E-state index in [2.05, 4.69) is 230 Å². The smallest absolute Gasteiger partial charge is 0.192 e. The highest BCUT2D eigenvalue weighted by atomic mass is 28.4. The average Bonchev–Trinajstić information content (AvgIpc) is 1.38. The Bertz CT molecular complexity index is 3480. The second-order valence-corrected chi connectivity index (χ2v) is 60.4. The first kappa shape index (κ1) is 105. The van der Waals surface area contributed by atoms with Crippen LogP contribution in [0.25, 0.3) is 0 Å². The first-order chi connectivity index (χ1) is 55.5. The lowest BCUT2D eigenvalue weighted by Crippen LogP contribution is -2.65. The lowest BCUT2D eigenvalue weighted by atomic mass is 9.59. The van der Waals surface area contributed by atoms with Gasteiger partial charge in [-0.3, -0.25) is 0 Å². The molecule has 0 bridgehead atoms. The highest BCUT2D eigenvalue weighted by molar-refractivity contribution is 6.74. The van der Waals surface area contributed by atoms with Crippen LogP contribution in [0, 0.1) is 86.8 Å². The van der Waals surface area contributed by atoms with Gasteiger partial charge in [0.05, 0.1) is 47.8 Å². The minimum Gasteiger partial charge on any atom is -0.411 e. The summed E-state index contributed by atoms with van der Waals surface area (Å²) < 4.78 is 22.3. The van der Waals surface area contributed by atoms with E-state index in [9.17, 15) is 40.9 Å². The van der Waals surface area contributed by atoms with E-state index in [0.717, 1.165) is 74.7 Å². The van der Waals surface area contributed by atoms with Crippen molar-refractivity contribution in [3.63, 3.8) is 0 Å². The van der Waals surface area contributed by atoms with E-state index in [1.54, 1.807) is 18.1 Å². The first-order valence-corrected chi connectivity index (χ1v) is 58.2. The molecule has 0 aliphatic heterocycles. The summed E-state index contributed by atoms with van der Waals surface area (Å²) in [5, 5.41) is 82.9. The van der Waals surface area contributed by atoms with Crippen LogP contribution in [0.1, 0.15) is 339 Å². The molecule has 0 aromatic heterocycles. The number of aliphatic hydroxyl groups is 8. The van der Waals surface area contributed by atoms with Gasteiger partial charge in [-0.1, -0.05) is 257 Å². The summed E-state index contributed by atoms with van der Waals surface area (Å²) in [6.07, 6.45) is 62.8. The fourth-order valence-corrected chi connectivity index (χ4v) is 27.9.